The molecule has 0 aliphatic rings. The molecule has 16 heteroatoms. The summed E-state index contributed by atoms with van der Waals surface area (Å²) in [4.78, 5) is 82.9. The number of carboxylic acids is 3. The summed E-state index contributed by atoms with van der Waals surface area (Å²) in [5.74, 6) is -8.41. The van der Waals surface area contributed by atoms with Crippen molar-refractivity contribution in [3.63, 3.8) is 0 Å². The highest BCUT2D eigenvalue weighted by atomic mass is 16.4. The van der Waals surface area contributed by atoms with E-state index in [4.69, 9.17) is 16.6 Å². The van der Waals surface area contributed by atoms with Gasteiger partial charge in [-0.2, -0.15) is 0 Å². The van der Waals surface area contributed by atoms with Gasteiger partial charge in [0, 0.05) is 12.8 Å². The normalized spacial score (nSPS) is 13.7. The zero-order valence-electron chi connectivity index (χ0n) is 20.7. The fraction of sp³-hybridized carbons (Fsp3) is 0.435. The van der Waals surface area contributed by atoms with Gasteiger partial charge in [0.1, 0.15) is 23.9 Å². The molecule has 0 saturated carbocycles. The molecular formula is C23H31N5O11. The predicted molar refractivity (Wildman–Crippen MR) is 131 cm³/mol. The fourth-order valence-electron chi connectivity index (χ4n) is 3.27. The SMILES string of the molecule is NC(=O)CCC(NC(=O)C(CCC(=O)O)NC(=O)C(CC(=O)O)NC(=O)C(N)Cc1ccc(O)cc1)C(=O)O. The number of nitrogens with one attached hydrogen (secondary N) is 3. The summed E-state index contributed by atoms with van der Waals surface area (Å²) in [6, 6.07) is -0.452. The number of carboxylic acid groups (broad SMARTS) is 3. The zero-order valence-corrected chi connectivity index (χ0v) is 20.7. The third-order valence-corrected chi connectivity index (χ3v) is 5.31. The van der Waals surface area contributed by atoms with E-state index in [2.05, 4.69) is 16.0 Å². The van der Waals surface area contributed by atoms with E-state index in [-0.39, 0.29) is 25.0 Å². The molecule has 1 rings (SSSR count). The molecule has 1 aromatic rings. The van der Waals surface area contributed by atoms with Gasteiger partial charge in [0.05, 0.1) is 12.5 Å². The summed E-state index contributed by atoms with van der Waals surface area (Å²) in [6.45, 7) is 0. The molecule has 0 saturated heterocycles. The van der Waals surface area contributed by atoms with Crippen LogP contribution in [0.4, 0.5) is 0 Å². The first-order chi connectivity index (χ1) is 18.2. The Morgan fingerprint density at radius 2 is 1.23 bits per heavy atom. The van der Waals surface area contributed by atoms with Gasteiger partial charge in [-0.05, 0) is 37.0 Å². The molecule has 16 nitrogen and oxygen atoms in total. The maximum Gasteiger partial charge on any atom is 0.326 e. The van der Waals surface area contributed by atoms with Gasteiger partial charge in [-0.15, -0.1) is 0 Å². The lowest BCUT2D eigenvalue weighted by molar-refractivity contribution is -0.144. The number of hydrogen-bond donors (Lipinski definition) is 9. The Labute approximate surface area is 221 Å². The van der Waals surface area contributed by atoms with Gasteiger partial charge in [0.25, 0.3) is 0 Å². The Kier molecular flexibility index (Phi) is 12.8. The number of amides is 4. The molecule has 4 unspecified atom stereocenters. The van der Waals surface area contributed by atoms with Gasteiger partial charge >= 0.3 is 17.9 Å². The first-order valence-corrected chi connectivity index (χ1v) is 11.6. The molecular weight excluding hydrogens is 522 g/mol. The van der Waals surface area contributed by atoms with Crippen molar-refractivity contribution in [2.45, 2.75) is 62.7 Å². The second-order valence-electron chi connectivity index (χ2n) is 8.53. The van der Waals surface area contributed by atoms with Crippen LogP contribution in [0.2, 0.25) is 0 Å². The second kappa shape index (κ2) is 15.5. The quantitative estimate of drug-likeness (QED) is 0.0960. The van der Waals surface area contributed by atoms with Gasteiger partial charge in [0.2, 0.25) is 23.6 Å². The Bertz CT molecular complexity index is 1080. The number of primary amides is 1. The van der Waals surface area contributed by atoms with E-state index in [0.717, 1.165) is 0 Å². The summed E-state index contributed by atoms with van der Waals surface area (Å²) in [6.07, 6.45) is -2.87. The van der Waals surface area contributed by atoms with Crippen molar-refractivity contribution in [3.05, 3.63) is 29.8 Å². The number of benzene rings is 1. The molecule has 0 radical (unpaired) electrons. The van der Waals surface area contributed by atoms with Crippen molar-refractivity contribution < 1.29 is 54.0 Å². The molecule has 0 aliphatic carbocycles. The number of carbonyl (C=O) groups excluding carboxylic acids is 4. The smallest absolute Gasteiger partial charge is 0.326 e. The lowest BCUT2D eigenvalue weighted by atomic mass is 10.0. The van der Waals surface area contributed by atoms with Gasteiger partial charge in [-0.25, -0.2) is 4.79 Å². The summed E-state index contributed by atoms with van der Waals surface area (Å²) >= 11 is 0. The second-order valence-corrected chi connectivity index (χ2v) is 8.53. The topological polar surface area (TPSA) is 289 Å². The average Bonchev–Trinajstić information content (AvgIpc) is 2.84. The maximum atomic E-state index is 12.9. The van der Waals surface area contributed by atoms with Crippen LogP contribution in [-0.2, 0) is 40.0 Å². The maximum absolute atomic E-state index is 12.9. The van der Waals surface area contributed by atoms with Crippen LogP contribution < -0.4 is 27.4 Å². The van der Waals surface area contributed by atoms with E-state index >= 15 is 0 Å². The lowest BCUT2D eigenvalue weighted by Gasteiger charge is -2.24. The number of aliphatic carboxylic acids is 3. The van der Waals surface area contributed by atoms with Crippen LogP contribution in [0.25, 0.3) is 0 Å². The lowest BCUT2D eigenvalue weighted by Crippen LogP contribution is -2.57. The van der Waals surface area contributed by atoms with Crippen LogP contribution in [0.15, 0.2) is 24.3 Å². The average molecular weight is 554 g/mol. The Morgan fingerprint density at radius 1 is 0.718 bits per heavy atom. The molecule has 0 aromatic heterocycles. The van der Waals surface area contributed by atoms with Crippen LogP contribution >= 0.6 is 0 Å². The molecule has 0 spiro atoms. The third-order valence-electron chi connectivity index (χ3n) is 5.31. The monoisotopic (exact) mass is 553 g/mol. The van der Waals surface area contributed by atoms with Gasteiger partial charge < -0.3 is 47.8 Å². The number of phenols is 1. The Balaban J connectivity index is 3.01. The predicted octanol–water partition coefficient (Wildman–Crippen LogP) is -2.59. The summed E-state index contributed by atoms with van der Waals surface area (Å²) in [5, 5.41) is 43.2. The van der Waals surface area contributed by atoms with E-state index in [1.807, 2.05) is 0 Å². The molecule has 1 aromatic carbocycles. The number of aromatic hydroxyl groups is 1. The fourth-order valence-corrected chi connectivity index (χ4v) is 3.27. The Morgan fingerprint density at radius 3 is 1.74 bits per heavy atom. The number of rotatable bonds is 17. The van der Waals surface area contributed by atoms with Crippen molar-refractivity contribution in [1.82, 2.24) is 16.0 Å². The van der Waals surface area contributed by atoms with E-state index in [1.54, 1.807) is 0 Å². The van der Waals surface area contributed by atoms with Crippen molar-refractivity contribution in [2.24, 2.45) is 11.5 Å². The highest BCUT2D eigenvalue weighted by Gasteiger charge is 2.32. The van der Waals surface area contributed by atoms with Crippen molar-refractivity contribution in [1.29, 1.82) is 0 Å². The molecule has 11 N–H and O–H groups in total. The number of carbonyl (C=O) groups is 7. The number of phenolic OH excluding ortho intramolecular Hbond substituents is 1. The van der Waals surface area contributed by atoms with E-state index in [1.165, 1.54) is 24.3 Å². The highest BCUT2D eigenvalue weighted by molar-refractivity contribution is 5.95. The van der Waals surface area contributed by atoms with Gasteiger partial charge in [0.15, 0.2) is 0 Å². The number of hydrogen-bond acceptors (Lipinski definition) is 9. The van der Waals surface area contributed by atoms with E-state index < -0.39 is 85.0 Å². The minimum Gasteiger partial charge on any atom is -0.508 e. The van der Waals surface area contributed by atoms with Crippen molar-refractivity contribution in [2.75, 3.05) is 0 Å². The molecule has 0 aliphatic heterocycles. The minimum atomic E-state index is -1.73. The van der Waals surface area contributed by atoms with Crippen LogP contribution in [0.5, 0.6) is 5.75 Å². The van der Waals surface area contributed by atoms with Crippen LogP contribution in [0.1, 0.15) is 37.7 Å². The third kappa shape index (κ3) is 12.4. The number of nitrogens with two attached hydrogens (primary N) is 2. The van der Waals surface area contributed by atoms with Crippen molar-refractivity contribution in [3.8, 4) is 5.75 Å². The van der Waals surface area contributed by atoms with E-state index in [0.29, 0.717) is 5.56 Å². The van der Waals surface area contributed by atoms with E-state index in [9.17, 15) is 48.9 Å². The molecule has 0 fully saturated rings. The van der Waals surface area contributed by atoms with Crippen LogP contribution in [0.3, 0.4) is 0 Å². The molecule has 39 heavy (non-hydrogen) atoms. The standard InChI is InChI=1S/C23H31N5O11/c24-13(9-11-1-3-12(29)4-2-11)20(35)28-16(10-19(33)34)22(37)26-14(6-8-18(31)32)21(36)27-15(23(38)39)5-7-17(25)30/h1-4,13-16,29H,5-10,24H2,(H2,25,30)(H,26,37)(H,27,36)(H,28,35)(H,31,32)(H,33,34)(H,38,39). The van der Waals surface area contributed by atoms with Gasteiger partial charge in [-0.1, -0.05) is 12.1 Å². The van der Waals surface area contributed by atoms with Gasteiger partial charge in [-0.3, -0.25) is 28.8 Å². The van der Waals surface area contributed by atoms with Crippen molar-refractivity contribution >= 4 is 41.5 Å². The zero-order chi connectivity index (χ0) is 29.7. The minimum absolute atomic E-state index is 0.0148. The summed E-state index contributed by atoms with van der Waals surface area (Å²) < 4.78 is 0. The molecule has 0 heterocycles. The summed E-state index contributed by atoms with van der Waals surface area (Å²) in [7, 11) is 0. The van der Waals surface area contributed by atoms with Crippen LogP contribution in [-0.4, -0.2) is 86.1 Å². The molecule has 0 bridgehead atoms. The molecule has 4 amide bonds. The molecule has 4 atom stereocenters. The summed E-state index contributed by atoms with van der Waals surface area (Å²) in [5.41, 5.74) is 11.4. The largest absolute Gasteiger partial charge is 0.508 e. The highest BCUT2D eigenvalue weighted by Crippen LogP contribution is 2.11. The first-order valence-electron chi connectivity index (χ1n) is 11.6. The van der Waals surface area contributed by atoms with Crippen LogP contribution in [0, 0.1) is 0 Å². The Hall–Kier alpha value is -4.73. The first kappa shape index (κ1) is 32.3. The molecule has 214 valence electrons.